The summed E-state index contributed by atoms with van der Waals surface area (Å²) in [4.78, 5) is 0. The van der Waals surface area contributed by atoms with Gasteiger partial charge in [-0.2, -0.15) is 0 Å². The highest BCUT2D eigenvalue weighted by Gasteiger charge is 1.99. The molecule has 0 N–H and O–H groups in total. The van der Waals surface area contributed by atoms with E-state index in [-0.39, 0.29) is 0 Å². The van der Waals surface area contributed by atoms with Crippen LogP contribution >= 0.6 is 11.6 Å². The van der Waals surface area contributed by atoms with Crippen molar-refractivity contribution >= 4 is 11.6 Å². The molecular formula is C16H21ClO4. The second kappa shape index (κ2) is 12.5. The summed E-state index contributed by atoms with van der Waals surface area (Å²) in [5, 5.41) is 0. The van der Waals surface area contributed by atoms with Gasteiger partial charge in [-0.15, -0.1) is 11.6 Å². The number of alkyl halides is 1. The molecule has 0 radical (unpaired) electrons. The van der Waals surface area contributed by atoms with Crippen LogP contribution in [-0.4, -0.2) is 52.6 Å². The Balaban J connectivity index is 2.15. The number of hydrogen-bond donors (Lipinski definition) is 0. The van der Waals surface area contributed by atoms with Crippen molar-refractivity contribution in [2.24, 2.45) is 0 Å². The third kappa shape index (κ3) is 8.59. The molecule has 0 spiro atoms. The summed E-state index contributed by atoms with van der Waals surface area (Å²) < 4.78 is 21.2. The minimum Gasteiger partial charge on any atom is -0.490 e. The van der Waals surface area contributed by atoms with Crippen molar-refractivity contribution in [3.05, 3.63) is 29.8 Å². The normalized spacial score (nSPS) is 10.0. The maximum absolute atomic E-state index is 5.65. The topological polar surface area (TPSA) is 36.9 Å². The van der Waals surface area contributed by atoms with Crippen LogP contribution in [0.5, 0.6) is 5.75 Å². The Morgan fingerprint density at radius 3 is 2.33 bits per heavy atom. The number of benzene rings is 1. The smallest absolute Gasteiger partial charge is 0.135 e. The van der Waals surface area contributed by atoms with Gasteiger partial charge in [0.15, 0.2) is 0 Å². The maximum atomic E-state index is 5.65. The van der Waals surface area contributed by atoms with Crippen LogP contribution in [0.25, 0.3) is 0 Å². The molecule has 0 saturated heterocycles. The zero-order valence-corrected chi connectivity index (χ0v) is 13.0. The van der Waals surface area contributed by atoms with Crippen molar-refractivity contribution in [3.63, 3.8) is 0 Å². The fourth-order valence-electron chi connectivity index (χ4n) is 1.50. The second-order valence-corrected chi connectivity index (χ2v) is 4.26. The third-order valence-electron chi connectivity index (χ3n) is 2.47. The number of ether oxygens (including phenoxy) is 4. The summed E-state index contributed by atoms with van der Waals surface area (Å²) in [6.07, 6.45) is 0. The molecule has 0 fully saturated rings. The number of hydrogen-bond acceptors (Lipinski definition) is 4. The number of para-hydroxylation sites is 1. The Bertz CT molecular complexity index is 439. The second-order valence-electron chi connectivity index (χ2n) is 4.00. The van der Waals surface area contributed by atoms with Gasteiger partial charge in [0.1, 0.15) is 12.4 Å². The van der Waals surface area contributed by atoms with Crippen molar-refractivity contribution in [1.29, 1.82) is 0 Å². The van der Waals surface area contributed by atoms with E-state index < -0.39 is 0 Å². The standard InChI is InChI=1S/C16H21ClO4/c1-18-9-10-19-11-12-20-13-14-21-16-7-3-2-5-15(16)6-4-8-17/h2-3,5,7H,8-14H2,1H3. The molecule has 0 aromatic heterocycles. The first-order valence-corrected chi connectivity index (χ1v) is 7.33. The molecule has 0 aliphatic carbocycles. The molecule has 0 bridgehead atoms. The largest absolute Gasteiger partial charge is 0.490 e. The van der Waals surface area contributed by atoms with Crippen LogP contribution < -0.4 is 4.74 Å². The van der Waals surface area contributed by atoms with Crippen LogP contribution in [0.1, 0.15) is 5.56 Å². The lowest BCUT2D eigenvalue weighted by Crippen LogP contribution is -2.12. The van der Waals surface area contributed by atoms with E-state index in [2.05, 4.69) is 11.8 Å². The Labute approximate surface area is 131 Å². The first-order chi connectivity index (χ1) is 10.4. The van der Waals surface area contributed by atoms with Crippen LogP contribution in [0.3, 0.4) is 0 Å². The molecule has 5 heteroatoms. The summed E-state index contributed by atoms with van der Waals surface area (Å²) in [6.45, 7) is 3.26. The summed E-state index contributed by atoms with van der Waals surface area (Å²) in [5.74, 6) is 6.83. The zero-order valence-electron chi connectivity index (χ0n) is 12.3. The highest BCUT2D eigenvalue weighted by molar-refractivity contribution is 6.19. The lowest BCUT2D eigenvalue weighted by Gasteiger charge is -2.09. The molecule has 0 unspecified atom stereocenters. The first kappa shape index (κ1) is 17.8. The van der Waals surface area contributed by atoms with Crippen LogP contribution in [0.2, 0.25) is 0 Å². The van der Waals surface area contributed by atoms with E-state index in [0.717, 1.165) is 11.3 Å². The van der Waals surface area contributed by atoms with Gasteiger partial charge in [-0.25, -0.2) is 0 Å². The molecule has 116 valence electrons. The first-order valence-electron chi connectivity index (χ1n) is 6.79. The van der Waals surface area contributed by atoms with Gasteiger partial charge in [-0.1, -0.05) is 24.0 Å². The summed E-state index contributed by atoms with van der Waals surface area (Å²) in [6, 6.07) is 7.61. The van der Waals surface area contributed by atoms with E-state index in [9.17, 15) is 0 Å². The molecule has 0 aliphatic heterocycles. The highest BCUT2D eigenvalue weighted by Crippen LogP contribution is 2.16. The van der Waals surface area contributed by atoms with Crippen molar-refractivity contribution in [1.82, 2.24) is 0 Å². The molecule has 1 rings (SSSR count). The quantitative estimate of drug-likeness (QED) is 0.377. The molecular weight excluding hydrogens is 292 g/mol. The molecule has 4 nitrogen and oxygen atoms in total. The Kier molecular flexibility index (Phi) is 10.6. The van der Waals surface area contributed by atoms with E-state index in [0.29, 0.717) is 45.5 Å². The van der Waals surface area contributed by atoms with E-state index >= 15 is 0 Å². The molecule has 1 aromatic rings. The van der Waals surface area contributed by atoms with Gasteiger partial charge < -0.3 is 18.9 Å². The number of methoxy groups -OCH3 is 1. The van der Waals surface area contributed by atoms with E-state index in [4.69, 9.17) is 30.5 Å². The summed E-state index contributed by atoms with van der Waals surface area (Å²) in [5.41, 5.74) is 0.834. The van der Waals surface area contributed by atoms with Crippen molar-refractivity contribution in [2.75, 3.05) is 52.6 Å². The predicted octanol–water partition coefficient (Wildman–Crippen LogP) is 2.34. The minimum absolute atomic E-state index is 0.306. The van der Waals surface area contributed by atoms with E-state index in [1.165, 1.54) is 0 Å². The van der Waals surface area contributed by atoms with E-state index in [1.807, 2.05) is 24.3 Å². The molecule has 21 heavy (non-hydrogen) atoms. The molecule has 0 heterocycles. The lowest BCUT2D eigenvalue weighted by atomic mass is 10.2. The fraction of sp³-hybridized carbons (Fsp3) is 0.500. The Morgan fingerprint density at radius 1 is 0.952 bits per heavy atom. The van der Waals surface area contributed by atoms with Gasteiger partial charge in [0.2, 0.25) is 0 Å². The Hall–Kier alpha value is -1.25. The molecule has 0 saturated carbocycles. The SMILES string of the molecule is COCCOCCOCCOc1ccccc1C#CCCl. The summed E-state index contributed by atoms with van der Waals surface area (Å²) >= 11 is 5.56. The van der Waals surface area contributed by atoms with Crippen LogP contribution in [0.15, 0.2) is 24.3 Å². The Morgan fingerprint density at radius 2 is 1.62 bits per heavy atom. The maximum Gasteiger partial charge on any atom is 0.135 e. The average molecular weight is 313 g/mol. The van der Waals surface area contributed by atoms with Crippen LogP contribution in [0, 0.1) is 11.8 Å². The van der Waals surface area contributed by atoms with Gasteiger partial charge in [0.05, 0.1) is 44.5 Å². The van der Waals surface area contributed by atoms with Crippen molar-refractivity contribution in [2.45, 2.75) is 0 Å². The van der Waals surface area contributed by atoms with Crippen LogP contribution in [0.4, 0.5) is 0 Å². The molecule has 0 amide bonds. The fourth-order valence-corrected chi connectivity index (χ4v) is 1.57. The van der Waals surface area contributed by atoms with Crippen LogP contribution in [-0.2, 0) is 14.2 Å². The van der Waals surface area contributed by atoms with E-state index in [1.54, 1.807) is 7.11 Å². The van der Waals surface area contributed by atoms with Gasteiger partial charge in [0, 0.05) is 7.11 Å². The highest BCUT2D eigenvalue weighted by atomic mass is 35.5. The molecule has 1 aromatic carbocycles. The number of rotatable bonds is 10. The number of halogens is 1. The van der Waals surface area contributed by atoms with Gasteiger partial charge in [-0.3, -0.25) is 0 Å². The third-order valence-corrected chi connectivity index (χ3v) is 2.60. The predicted molar refractivity (Wildman–Crippen MR) is 83.0 cm³/mol. The van der Waals surface area contributed by atoms with Gasteiger partial charge in [0.25, 0.3) is 0 Å². The van der Waals surface area contributed by atoms with Crippen molar-refractivity contribution in [3.8, 4) is 17.6 Å². The van der Waals surface area contributed by atoms with Gasteiger partial charge in [-0.05, 0) is 12.1 Å². The minimum atomic E-state index is 0.306. The molecule has 0 atom stereocenters. The monoisotopic (exact) mass is 312 g/mol. The molecule has 0 aliphatic rings. The summed E-state index contributed by atoms with van der Waals surface area (Å²) in [7, 11) is 1.65. The lowest BCUT2D eigenvalue weighted by molar-refractivity contribution is 0.0179. The average Bonchev–Trinajstić information content (AvgIpc) is 2.52. The van der Waals surface area contributed by atoms with Gasteiger partial charge >= 0.3 is 0 Å². The van der Waals surface area contributed by atoms with Crippen molar-refractivity contribution < 1.29 is 18.9 Å². The zero-order chi connectivity index (χ0) is 15.2.